The van der Waals surface area contributed by atoms with Crippen molar-refractivity contribution in [2.24, 2.45) is 0 Å². The van der Waals surface area contributed by atoms with E-state index in [1.807, 2.05) is 12.1 Å². The molecule has 1 aromatic rings. The highest BCUT2D eigenvalue weighted by Gasteiger charge is 2.27. The van der Waals surface area contributed by atoms with Crippen molar-refractivity contribution in [3.05, 3.63) is 35.4 Å². The van der Waals surface area contributed by atoms with Crippen molar-refractivity contribution in [2.45, 2.75) is 31.6 Å². The molecule has 0 heterocycles. The smallest absolute Gasteiger partial charge is 0.229 e. The first-order valence-electron chi connectivity index (χ1n) is 6.43. The minimum atomic E-state index is -0.0151. The van der Waals surface area contributed by atoms with Crippen LogP contribution in [0.1, 0.15) is 36.3 Å². The predicted octanol–water partition coefficient (Wildman–Crippen LogP) is 2.48. The number of benzene rings is 1. The van der Waals surface area contributed by atoms with Gasteiger partial charge in [0.15, 0.2) is 0 Å². The standard InChI is InChI=1S/C15H18N2O/c1-17(11-5-10-16)15(18)14-9-4-7-12-6-2-3-8-13(12)14/h2-3,6,8,14H,4-5,7,9,11H2,1H3. The lowest BCUT2D eigenvalue weighted by Crippen LogP contribution is -2.34. The number of amides is 1. The van der Waals surface area contributed by atoms with E-state index in [0.29, 0.717) is 13.0 Å². The molecule has 0 fully saturated rings. The van der Waals surface area contributed by atoms with Crippen LogP contribution in [0.25, 0.3) is 0 Å². The third-order valence-corrected chi connectivity index (χ3v) is 3.60. The quantitative estimate of drug-likeness (QED) is 0.817. The summed E-state index contributed by atoms with van der Waals surface area (Å²) in [6, 6.07) is 10.3. The van der Waals surface area contributed by atoms with Crippen molar-refractivity contribution in [3.63, 3.8) is 0 Å². The Morgan fingerprint density at radius 1 is 1.50 bits per heavy atom. The number of rotatable bonds is 3. The van der Waals surface area contributed by atoms with Gasteiger partial charge in [-0.3, -0.25) is 4.79 Å². The Kier molecular flexibility index (Phi) is 3.99. The van der Waals surface area contributed by atoms with Crippen LogP contribution >= 0.6 is 0 Å². The first-order chi connectivity index (χ1) is 8.74. The largest absolute Gasteiger partial charge is 0.344 e. The van der Waals surface area contributed by atoms with Crippen LogP contribution in [0.2, 0.25) is 0 Å². The molecule has 3 nitrogen and oxygen atoms in total. The van der Waals surface area contributed by atoms with Crippen LogP contribution in [0.15, 0.2) is 24.3 Å². The number of fused-ring (bicyclic) bond motifs is 1. The van der Waals surface area contributed by atoms with Gasteiger partial charge in [-0.2, -0.15) is 5.26 Å². The second kappa shape index (κ2) is 5.68. The molecule has 1 aliphatic rings. The summed E-state index contributed by atoms with van der Waals surface area (Å²) in [6.45, 7) is 0.522. The molecule has 94 valence electrons. The van der Waals surface area contributed by atoms with Gasteiger partial charge in [0.1, 0.15) is 0 Å². The van der Waals surface area contributed by atoms with Gasteiger partial charge in [0, 0.05) is 13.6 Å². The summed E-state index contributed by atoms with van der Waals surface area (Å²) in [7, 11) is 1.79. The highest BCUT2D eigenvalue weighted by atomic mass is 16.2. The van der Waals surface area contributed by atoms with E-state index in [0.717, 1.165) is 19.3 Å². The van der Waals surface area contributed by atoms with Gasteiger partial charge in [0.25, 0.3) is 0 Å². The lowest BCUT2D eigenvalue weighted by Gasteiger charge is -2.28. The zero-order valence-corrected chi connectivity index (χ0v) is 10.7. The number of likely N-dealkylation sites (N-methyl/N-ethyl adjacent to an activating group) is 1. The Labute approximate surface area is 108 Å². The first kappa shape index (κ1) is 12.6. The molecule has 0 bridgehead atoms. The Morgan fingerprint density at radius 3 is 3.06 bits per heavy atom. The summed E-state index contributed by atoms with van der Waals surface area (Å²) in [4.78, 5) is 14.1. The number of hydrogen-bond acceptors (Lipinski definition) is 2. The van der Waals surface area contributed by atoms with Gasteiger partial charge in [-0.15, -0.1) is 0 Å². The number of aryl methyl sites for hydroxylation is 1. The molecule has 2 rings (SSSR count). The van der Waals surface area contributed by atoms with Crippen molar-refractivity contribution in [3.8, 4) is 6.07 Å². The molecular formula is C15H18N2O. The van der Waals surface area contributed by atoms with Crippen molar-refractivity contribution in [1.29, 1.82) is 5.26 Å². The average Bonchev–Trinajstić information content (AvgIpc) is 2.43. The minimum absolute atomic E-state index is 0.0151. The Balaban J connectivity index is 2.15. The second-order valence-corrected chi connectivity index (χ2v) is 4.81. The second-order valence-electron chi connectivity index (χ2n) is 4.81. The highest BCUT2D eigenvalue weighted by Crippen LogP contribution is 2.32. The normalized spacial score (nSPS) is 17.7. The van der Waals surface area contributed by atoms with Crippen LogP contribution in [0.4, 0.5) is 0 Å². The van der Waals surface area contributed by atoms with Gasteiger partial charge in [-0.25, -0.2) is 0 Å². The Bertz CT molecular complexity index is 476. The number of nitriles is 1. The predicted molar refractivity (Wildman–Crippen MR) is 70.0 cm³/mol. The van der Waals surface area contributed by atoms with E-state index < -0.39 is 0 Å². The molecule has 0 saturated heterocycles. The summed E-state index contributed by atoms with van der Waals surface area (Å²) in [6.07, 6.45) is 3.46. The maximum atomic E-state index is 12.4. The van der Waals surface area contributed by atoms with Gasteiger partial charge in [0.2, 0.25) is 5.91 Å². The van der Waals surface area contributed by atoms with E-state index in [2.05, 4.69) is 18.2 Å². The third kappa shape index (κ3) is 2.53. The SMILES string of the molecule is CN(CCC#N)C(=O)C1CCCc2ccccc21. The summed E-state index contributed by atoms with van der Waals surface area (Å²) < 4.78 is 0. The summed E-state index contributed by atoms with van der Waals surface area (Å²) >= 11 is 0. The number of hydrogen-bond donors (Lipinski definition) is 0. The lowest BCUT2D eigenvalue weighted by atomic mass is 9.82. The van der Waals surface area contributed by atoms with E-state index in [-0.39, 0.29) is 11.8 Å². The molecule has 0 aliphatic heterocycles. The maximum absolute atomic E-state index is 12.4. The summed E-state index contributed by atoms with van der Waals surface area (Å²) in [5.41, 5.74) is 2.48. The molecule has 3 heteroatoms. The first-order valence-corrected chi connectivity index (χ1v) is 6.43. The van der Waals surface area contributed by atoms with Crippen molar-refractivity contribution in [2.75, 3.05) is 13.6 Å². The van der Waals surface area contributed by atoms with E-state index in [9.17, 15) is 4.79 Å². The number of nitrogens with zero attached hydrogens (tertiary/aromatic N) is 2. The fourth-order valence-corrected chi connectivity index (χ4v) is 2.60. The fourth-order valence-electron chi connectivity index (χ4n) is 2.60. The van der Waals surface area contributed by atoms with Crippen molar-refractivity contribution in [1.82, 2.24) is 4.90 Å². The topological polar surface area (TPSA) is 44.1 Å². The Hall–Kier alpha value is -1.82. The molecule has 0 radical (unpaired) electrons. The molecule has 0 aromatic heterocycles. The van der Waals surface area contributed by atoms with Gasteiger partial charge in [-0.05, 0) is 30.4 Å². The van der Waals surface area contributed by atoms with Crippen LogP contribution < -0.4 is 0 Å². The third-order valence-electron chi connectivity index (χ3n) is 3.60. The molecule has 1 aromatic carbocycles. The van der Waals surface area contributed by atoms with E-state index in [1.54, 1.807) is 11.9 Å². The van der Waals surface area contributed by atoms with Crippen molar-refractivity contribution < 1.29 is 4.79 Å². The lowest BCUT2D eigenvalue weighted by molar-refractivity contribution is -0.131. The monoisotopic (exact) mass is 242 g/mol. The van der Waals surface area contributed by atoms with Crippen LogP contribution in [0, 0.1) is 11.3 Å². The summed E-state index contributed by atoms with van der Waals surface area (Å²) in [5.74, 6) is 0.135. The van der Waals surface area contributed by atoms with Crippen molar-refractivity contribution >= 4 is 5.91 Å². The summed E-state index contributed by atoms with van der Waals surface area (Å²) in [5, 5.41) is 8.58. The zero-order chi connectivity index (χ0) is 13.0. The average molecular weight is 242 g/mol. The van der Waals surface area contributed by atoms with Crippen LogP contribution in [-0.2, 0) is 11.2 Å². The molecule has 0 spiro atoms. The minimum Gasteiger partial charge on any atom is -0.344 e. The number of carbonyl (C=O) groups excluding carboxylic acids is 1. The van der Waals surface area contributed by atoms with Crippen LogP contribution in [0.5, 0.6) is 0 Å². The van der Waals surface area contributed by atoms with Crippen LogP contribution in [-0.4, -0.2) is 24.4 Å². The molecule has 1 atom stereocenters. The zero-order valence-electron chi connectivity index (χ0n) is 10.7. The highest BCUT2D eigenvalue weighted by molar-refractivity contribution is 5.84. The molecular weight excluding hydrogens is 224 g/mol. The van der Waals surface area contributed by atoms with E-state index in [4.69, 9.17) is 5.26 Å². The maximum Gasteiger partial charge on any atom is 0.229 e. The molecule has 1 unspecified atom stereocenters. The molecule has 0 saturated carbocycles. The van der Waals surface area contributed by atoms with Gasteiger partial charge in [-0.1, -0.05) is 24.3 Å². The number of carbonyl (C=O) groups is 1. The Morgan fingerprint density at radius 2 is 2.28 bits per heavy atom. The van der Waals surface area contributed by atoms with Gasteiger partial charge < -0.3 is 4.90 Å². The molecule has 1 aliphatic carbocycles. The van der Waals surface area contributed by atoms with E-state index >= 15 is 0 Å². The fraction of sp³-hybridized carbons (Fsp3) is 0.467. The molecule has 18 heavy (non-hydrogen) atoms. The van der Waals surface area contributed by atoms with Gasteiger partial charge >= 0.3 is 0 Å². The van der Waals surface area contributed by atoms with Crippen LogP contribution in [0.3, 0.4) is 0 Å². The van der Waals surface area contributed by atoms with Gasteiger partial charge in [0.05, 0.1) is 18.4 Å². The van der Waals surface area contributed by atoms with E-state index in [1.165, 1.54) is 11.1 Å². The molecule has 1 amide bonds. The molecule has 0 N–H and O–H groups in total.